The highest BCUT2D eigenvalue weighted by atomic mass is 16.3. The molecule has 0 saturated carbocycles. The first-order chi connectivity index (χ1) is 9.75. The minimum atomic E-state index is -1.10. The molecule has 1 aromatic carbocycles. The van der Waals surface area contributed by atoms with Gasteiger partial charge in [-0.1, -0.05) is 64.4 Å². The van der Waals surface area contributed by atoms with Gasteiger partial charge >= 0.3 is 0 Å². The van der Waals surface area contributed by atoms with Crippen molar-refractivity contribution >= 4 is 0 Å². The Morgan fingerprint density at radius 2 is 1.52 bits per heavy atom. The van der Waals surface area contributed by atoms with Gasteiger partial charge in [0.15, 0.2) is 0 Å². The number of aryl methyl sites for hydroxylation is 2. The maximum absolute atomic E-state index is 11.3. The molecule has 0 bridgehead atoms. The highest BCUT2D eigenvalue weighted by Crippen LogP contribution is 2.43. The van der Waals surface area contributed by atoms with Gasteiger partial charge in [0.1, 0.15) is 5.60 Å². The van der Waals surface area contributed by atoms with E-state index in [0.717, 1.165) is 5.56 Å². The van der Waals surface area contributed by atoms with Crippen molar-refractivity contribution in [2.45, 2.75) is 47.1 Å². The normalized spacial score (nSPS) is 14.1. The van der Waals surface area contributed by atoms with Crippen LogP contribution >= 0.6 is 0 Å². The number of aliphatic hydroxyl groups is 1. The second kappa shape index (κ2) is 6.44. The van der Waals surface area contributed by atoms with Gasteiger partial charge in [-0.05, 0) is 18.6 Å². The zero-order chi connectivity index (χ0) is 16.3. The monoisotopic (exact) mass is 288 g/mol. The fourth-order valence-corrected chi connectivity index (χ4v) is 2.37. The highest BCUT2D eigenvalue weighted by molar-refractivity contribution is 5.35. The zero-order valence-electron chi connectivity index (χ0n) is 14.3. The summed E-state index contributed by atoms with van der Waals surface area (Å²) in [5.41, 5.74) is 1.30. The molecule has 1 atom stereocenters. The lowest BCUT2D eigenvalue weighted by molar-refractivity contribution is -0.0299. The average molecular weight is 288 g/mol. The molecule has 0 saturated heterocycles. The first kappa shape index (κ1) is 17.4. The minimum absolute atomic E-state index is 0.351. The molecule has 2 rings (SSSR count). The van der Waals surface area contributed by atoms with Gasteiger partial charge in [0.05, 0.1) is 5.69 Å². The third kappa shape index (κ3) is 3.35. The van der Waals surface area contributed by atoms with Crippen LogP contribution in [0.1, 0.15) is 51.4 Å². The third-order valence-electron chi connectivity index (χ3n) is 3.64. The molecule has 2 aromatic rings. The number of nitrogens with zero attached hydrogens (tertiary/aromatic N) is 2. The molecule has 0 aliphatic carbocycles. The number of rotatable bonds is 2. The van der Waals surface area contributed by atoms with Crippen molar-refractivity contribution in [1.29, 1.82) is 0 Å². The maximum Gasteiger partial charge on any atom is 0.138 e. The van der Waals surface area contributed by atoms with E-state index in [2.05, 4.69) is 5.10 Å². The maximum atomic E-state index is 11.3. The topological polar surface area (TPSA) is 38.0 Å². The molecule has 0 aliphatic heterocycles. The van der Waals surface area contributed by atoms with Crippen molar-refractivity contribution in [2.75, 3.05) is 0 Å². The summed E-state index contributed by atoms with van der Waals surface area (Å²) in [5.74, 6) is 0. The van der Waals surface area contributed by atoms with E-state index in [4.69, 9.17) is 0 Å². The third-order valence-corrected chi connectivity index (χ3v) is 3.64. The van der Waals surface area contributed by atoms with Crippen LogP contribution in [0.15, 0.2) is 36.5 Å². The standard InChI is InChI=1S/C16H22N2O.C2H6/c1-12-6-8-13(9-7-12)16(19,15(2,3)4)14-10-11-18(5)17-14;1-2/h6-11,19H,1-5H3;1-2H3. The van der Waals surface area contributed by atoms with Crippen LogP contribution < -0.4 is 0 Å². The Bertz CT molecular complexity index is 564. The van der Waals surface area contributed by atoms with Gasteiger partial charge in [0, 0.05) is 18.7 Å². The van der Waals surface area contributed by atoms with Crippen molar-refractivity contribution in [1.82, 2.24) is 9.78 Å². The van der Waals surface area contributed by atoms with Gasteiger partial charge in [-0.2, -0.15) is 5.10 Å². The minimum Gasteiger partial charge on any atom is -0.378 e. The van der Waals surface area contributed by atoms with Crippen molar-refractivity contribution in [2.24, 2.45) is 12.5 Å². The largest absolute Gasteiger partial charge is 0.378 e. The lowest BCUT2D eigenvalue weighted by Gasteiger charge is -2.39. The van der Waals surface area contributed by atoms with E-state index >= 15 is 0 Å². The summed E-state index contributed by atoms with van der Waals surface area (Å²) in [6, 6.07) is 9.89. The predicted octanol–water partition coefficient (Wildman–Crippen LogP) is 4.04. The van der Waals surface area contributed by atoms with Gasteiger partial charge in [-0.3, -0.25) is 4.68 Å². The molecule has 1 unspecified atom stereocenters. The number of aromatic nitrogens is 2. The summed E-state index contributed by atoms with van der Waals surface area (Å²) in [6.07, 6.45) is 1.86. The molecule has 1 heterocycles. The summed E-state index contributed by atoms with van der Waals surface area (Å²) in [5, 5.41) is 15.7. The number of hydrogen-bond donors (Lipinski definition) is 1. The van der Waals surface area contributed by atoms with E-state index in [9.17, 15) is 5.11 Å². The van der Waals surface area contributed by atoms with Gasteiger partial charge in [-0.15, -0.1) is 0 Å². The van der Waals surface area contributed by atoms with Crippen LogP contribution in [0.2, 0.25) is 0 Å². The zero-order valence-corrected chi connectivity index (χ0v) is 14.3. The van der Waals surface area contributed by atoms with Crippen LogP contribution in [0.5, 0.6) is 0 Å². The van der Waals surface area contributed by atoms with Gasteiger partial charge in [0.25, 0.3) is 0 Å². The number of hydrogen-bond acceptors (Lipinski definition) is 2. The summed E-state index contributed by atoms with van der Waals surface area (Å²) in [7, 11) is 1.86. The molecule has 3 nitrogen and oxygen atoms in total. The van der Waals surface area contributed by atoms with Gasteiger partial charge in [-0.25, -0.2) is 0 Å². The Morgan fingerprint density at radius 3 is 1.90 bits per heavy atom. The first-order valence-corrected chi connectivity index (χ1v) is 7.55. The first-order valence-electron chi connectivity index (χ1n) is 7.55. The Labute approximate surface area is 128 Å². The molecular formula is C18H28N2O. The van der Waals surface area contributed by atoms with E-state index in [1.165, 1.54) is 5.56 Å². The second-order valence-electron chi connectivity index (χ2n) is 6.20. The molecule has 116 valence electrons. The number of benzene rings is 1. The molecule has 0 spiro atoms. The van der Waals surface area contributed by atoms with Gasteiger partial charge < -0.3 is 5.11 Å². The molecule has 0 fully saturated rings. The molecule has 1 N–H and O–H groups in total. The van der Waals surface area contributed by atoms with Crippen LogP contribution in [0.4, 0.5) is 0 Å². The van der Waals surface area contributed by atoms with Crippen molar-refractivity contribution in [3.63, 3.8) is 0 Å². The van der Waals surface area contributed by atoms with E-state index in [-0.39, 0.29) is 5.41 Å². The SMILES string of the molecule is CC.Cc1ccc(C(O)(c2ccn(C)n2)C(C)(C)C)cc1. The van der Waals surface area contributed by atoms with Crippen LogP contribution in [0.3, 0.4) is 0 Å². The van der Waals surface area contributed by atoms with E-state index in [0.29, 0.717) is 5.69 Å². The highest BCUT2D eigenvalue weighted by Gasteiger charge is 2.45. The van der Waals surface area contributed by atoms with Crippen molar-refractivity contribution in [3.8, 4) is 0 Å². The lowest BCUT2D eigenvalue weighted by atomic mass is 9.70. The van der Waals surface area contributed by atoms with Gasteiger partial charge in [0.2, 0.25) is 0 Å². The Hall–Kier alpha value is -1.61. The quantitative estimate of drug-likeness (QED) is 0.905. The fraction of sp³-hybridized carbons (Fsp3) is 0.500. The Morgan fingerprint density at radius 1 is 1.00 bits per heavy atom. The van der Waals surface area contributed by atoms with E-state index in [1.54, 1.807) is 4.68 Å². The second-order valence-corrected chi connectivity index (χ2v) is 6.20. The Balaban J connectivity index is 0.00000106. The van der Waals surface area contributed by atoms with Crippen LogP contribution in [-0.2, 0) is 12.6 Å². The predicted molar refractivity (Wildman–Crippen MR) is 88.2 cm³/mol. The fourth-order valence-electron chi connectivity index (χ4n) is 2.37. The summed E-state index contributed by atoms with van der Waals surface area (Å²) < 4.78 is 1.72. The summed E-state index contributed by atoms with van der Waals surface area (Å²) >= 11 is 0. The Kier molecular flexibility index (Phi) is 5.35. The molecule has 3 heteroatoms. The molecule has 0 aliphatic rings. The van der Waals surface area contributed by atoms with Crippen LogP contribution in [0.25, 0.3) is 0 Å². The van der Waals surface area contributed by atoms with E-state index in [1.807, 2.05) is 85.1 Å². The summed E-state index contributed by atoms with van der Waals surface area (Å²) in [6.45, 7) is 12.1. The summed E-state index contributed by atoms with van der Waals surface area (Å²) in [4.78, 5) is 0. The lowest BCUT2D eigenvalue weighted by Crippen LogP contribution is -2.41. The van der Waals surface area contributed by atoms with Crippen molar-refractivity contribution in [3.05, 3.63) is 53.3 Å². The smallest absolute Gasteiger partial charge is 0.138 e. The molecule has 0 amide bonds. The van der Waals surface area contributed by atoms with Crippen LogP contribution in [-0.4, -0.2) is 14.9 Å². The molecule has 0 radical (unpaired) electrons. The van der Waals surface area contributed by atoms with Crippen LogP contribution in [0, 0.1) is 12.3 Å². The molecule has 1 aromatic heterocycles. The average Bonchev–Trinajstić information content (AvgIpc) is 2.87. The van der Waals surface area contributed by atoms with E-state index < -0.39 is 5.60 Å². The van der Waals surface area contributed by atoms with Crippen molar-refractivity contribution < 1.29 is 5.11 Å². The molecular weight excluding hydrogens is 260 g/mol. The molecule has 21 heavy (non-hydrogen) atoms.